The van der Waals surface area contributed by atoms with Crippen molar-refractivity contribution in [3.63, 3.8) is 0 Å². The molecule has 5 nitrogen and oxygen atoms in total. The Kier molecular flexibility index (Phi) is 7.74. The molecule has 1 unspecified atom stereocenters. The Bertz CT molecular complexity index is 1050. The molecule has 3 aromatic rings. The van der Waals surface area contributed by atoms with E-state index in [1.54, 1.807) is 41.4 Å². The van der Waals surface area contributed by atoms with Crippen LogP contribution in [0, 0.1) is 5.92 Å². The highest BCUT2D eigenvalue weighted by Crippen LogP contribution is 2.31. The third kappa shape index (κ3) is 5.99. The molecule has 170 valence electrons. The molecular formula is C27H28ClN3O2. The minimum absolute atomic E-state index is 0.0143. The number of nitrogens with one attached hydrogen (secondary N) is 1. The number of aromatic nitrogens is 1. The SMILES string of the molecule is O=C(Nc1ccc(Cl)cc1)C(c1ccccn1)N(Cc1ccccc1)C(=O)C1CCCCC1. The van der Waals surface area contributed by atoms with Crippen LogP contribution in [-0.2, 0) is 16.1 Å². The van der Waals surface area contributed by atoms with E-state index in [0.717, 1.165) is 37.7 Å². The number of halogens is 1. The fraction of sp³-hybridized carbons (Fsp3) is 0.296. The van der Waals surface area contributed by atoms with Crippen molar-refractivity contribution in [1.29, 1.82) is 0 Å². The lowest BCUT2D eigenvalue weighted by atomic mass is 9.87. The molecule has 0 radical (unpaired) electrons. The molecule has 1 saturated carbocycles. The molecular weight excluding hydrogens is 434 g/mol. The zero-order valence-corrected chi connectivity index (χ0v) is 19.2. The summed E-state index contributed by atoms with van der Waals surface area (Å²) in [5.74, 6) is -0.353. The Balaban J connectivity index is 1.70. The van der Waals surface area contributed by atoms with E-state index in [-0.39, 0.29) is 17.7 Å². The van der Waals surface area contributed by atoms with Crippen LogP contribution < -0.4 is 5.32 Å². The number of hydrogen-bond donors (Lipinski definition) is 1. The van der Waals surface area contributed by atoms with Crippen molar-refractivity contribution in [2.24, 2.45) is 5.92 Å². The molecule has 33 heavy (non-hydrogen) atoms. The summed E-state index contributed by atoms with van der Waals surface area (Å²) in [6.45, 7) is 0.339. The van der Waals surface area contributed by atoms with Crippen LogP contribution in [0.5, 0.6) is 0 Å². The molecule has 0 bridgehead atoms. The minimum atomic E-state index is -0.850. The molecule has 0 saturated heterocycles. The van der Waals surface area contributed by atoms with Crippen LogP contribution in [0.25, 0.3) is 0 Å². The highest BCUT2D eigenvalue weighted by molar-refractivity contribution is 6.30. The maximum Gasteiger partial charge on any atom is 0.253 e. The molecule has 1 heterocycles. The second-order valence-electron chi connectivity index (χ2n) is 8.44. The number of benzene rings is 2. The number of pyridine rings is 1. The van der Waals surface area contributed by atoms with Gasteiger partial charge in [0.2, 0.25) is 5.91 Å². The second kappa shape index (κ2) is 11.1. The van der Waals surface area contributed by atoms with E-state index >= 15 is 0 Å². The van der Waals surface area contributed by atoms with Crippen LogP contribution in [0.1, 0.15) is 49.4 Å². The Labute approximate surface area is 199 Å². The summed E-state index contributed by atoms with van der Waals surface area (Å²) in [6.07, 6.45) is 6.62. The van der Waals surface area contributed by atoms with Gasteiger partial charge in [0.15, 0.2) is 6.04 Å². The van der Waals surface area contributed by atoms with Crippen LogP contribution in [0.15, 0.2) is 79.0 Å². The quantitative estimate of drug-likeness (QED) is 0.467. The third-order valence-electron chi connectivity index (χ3n) is 6.07. The first kappa shape index (κ1) is 23.0. The summed E-state index contributed by atoms with van der Waals surface area (Å²) in [4.78, 5) is 33.6. The van der Waals surface area contributed by atoms with Crippen LogP contribution in [0.4, 0.5) is 5.69 Å². The fourth-order valence-corrected chi connectivity index (χ4v) is 4.50. The number of nitrogens with zero attached hydrogens (tertiary/aromatic N) is 2. The molecule has 1 fully saturated rings. The molecule has 1 atom stereocenters. The van der Waals surface area contributed by atoms with Crippen molar-refractivity contribution in [3.8, 4) is 0 Å². The summed E-state index contributed by atoms with van der Waals surface area (Å²) in [5.41, 5.74) is 2.14. The number of amides is 2. The lowest BCUT2D eigenvalue weighted by Gasteiger charge is -2.34. The number of anilines is 1. The largest absolute Gasteiger partial charge is 0.324 e. The molecule has 2 amide bonds. The van der Waals surface area contributed by atoms with E-state index in [4.69, 9.17) is 11.6 Å². The van der Waals surface area contributed by atoms with Crippen molar-refractivity contribution in [3.05, 3.63) is 95.3 Å². The fourth-order valence-electron chi connectivity index (χ4n) is 4.38. The lowest BCUT2D eigenvalue weighted by Crippen LogP contribution is -2.44. The Morgan fingerprint density at radius 2 is 1.64 bits per heavy atom. The van der Waals surface area contributed by atoms with Gasteiger partial charge in [-0.15, -0.1) is 0 Å². The average Bonchev–Trinajstić information content (AvgIpc) is 2.86. The predicted octanol–water partition coefficient (Wildman–Crippen LogP) is 6.02. The number of rotatable bonds is 7. The molecule has 0 aliphatic heterocycles. The molecule has 4 rings (SSSR count). The van der Waals surface area contributed by atoms with Crippen molar-refractivity contribution < 1.29 is 9.59 Å². The molecule has 1 aliphatic carbocycles. The first-order chi connectivity index (χ1) is 16.1. The smallest absolute Gasteiger partial charge is 0.253 e. The lowest BCUT2D eigenvalue weighted by molar-refractivity contribution is -0.144. The van der Waals surface area contributed by atoms with E-state index in [1.807, 2.05) is 42.5 Å². The van der Waals surface area contributed by atoms with Crippen LogP contribution >= 0.6 is 11.6 Å². The zero-order valence-electron chi connectivity index (χ0n) is 18.5. The minimum Gasteiger partial charge on any atom is -0.324 e. The normalized spacial score (nSPS) is 14.9. The number of carbonyl (C=O) groups excluding carboxylic acids is 2. The Morgan fingerprint density at radius 1 is 0.939 bits per heavy atom. The number of carbonyl (C=O) groups is 2. The van der Waals surface area contributed by atoms with Crippen LogP contribution in [-0.4, -0.2) is 21.7 Å². The highest BCUT2D eigenvalue weighted by atomic mass is 35.5. The topological polar surface area (TPSA) is 62.3 Å². The summed E-state index contributed by atoms with van der Waals surface area (Å²) in [7, 11) is 0. The third-order valence-corrected chi connectivity index (χ3v) is 6.32. The van der Waals surface area contributed by atoms with E-state index in [2.05, 4.69) is 10.3 Å². The van der Waals surface area contributed by atoms with Gasteiger partial charge in [0, 0.05) is 29.4 Å². The maximum absolute atomic E-state index is 13.8. The van der Waals surface area contributed by atoms with Gasteiger partial charge in [-0.1, -0.05) is 67.3 Å². The first-order valence-electron chi connectivity index (χ1n) is 11.4. The van der Waals surface area contributed by atoms with Crippen LogP contribution in [0.2, 0.25) is 5.02 Å². The van der Waals surface area contributed by atoms with Crippen molar-refractivity contribution in [1.82, 2.24) is 9.88 Å². The average molecular weight is 462 g/mol. The van der Waals surface area contributed by atoms with Gasteiger partial charge < -0.3 is 10.2 Å². The first-order valence-corrected chi connectivity index (χ1v) is 11.8. The van der Waals surface area contributed by atoms with Gasteiger partial charge in [0.1, 0.15) is 0 Å². The van der Waals surface area contributed by atoms with Gasteiger partial charge in [0.05, 0.1) is 5.69 Å². The molecule has 1 aromatic heterocycles. The van der Waals surface area contributed by atoms with E-state index in [9.17, 15) is 9.59 Å². The molecule has 1 N–H and O–H groups in total. The number of hydrogen-bond acceptors (Lipinski definition) is 3. The zero-order chi connectivity index (χ0) is 23.0. The van der Waals surface area contributed by atoms with Crippen molar-refractivity contribution in [2.75, 3.05) is 5.32 Å². The van der Waals surface area contributed by atoms with Gasteiger partial charge in [-0.05, 0) is 54.8 Å². The van der Waals surface area contributed by atoms with Gasteiger partial charge in [-0.3, -0.25) is 14.6 Å². The summed E-state index contributed by atoms with van der Waals surface area (Å²) in [6, 6.07) is 21.4. The summed E-state index contributed by atoms with van der Waals surface area (Å²) >= 11 is 6.00. The molecule has 2 aromatic carbocycles. The van der Waals surface area contributed by atoms with E-state index in [1.165, 1.54) is 0 Å². The van der Waals surface area contributed by atoms with Gasteiger partial charge in [-0.25, -0.2) is 0 Å². The predicted molar refractivity (Wildman–Crippen MR) is 131 cm³/mol. The van der Waals surface area contributed by atoms with Crippen molar-refractivity contribution in [2.45, 2.75) is 44.7 Å². The maximum atomic E-state index is 13.8. The molecule has 1 aliphatic rings. The van der Waals surface area contributed by atoms with Crippen LogP contribution in [0.3, 0.4) is 0 Å². The standard InChI is InChI=1S/C27H28ClN3O2/c28-22-14-16-23(17-15-22)30-26(32)25(24-13-7-8-18-29-24)31(19-20-9-3-1-4-10-20)27(33)21-11-5-2-6-12-21/h1,3-4,7-10,13-18,21,25H,2,5-6,11-12,19H2,(H,30,32). The van der Waals surface area contributed by atoms with E-state index in [0.29, 0.717) is 22.9 Å². The van der Waals surface area contributed by atoms with Gasteiger partial charge in [-0.2, -0.15) is 0 Å². The van der Waals surface area contributed by atoms with E-state index < -0.39 is 6.04 Å². The Hall–Kier alpha value is -3.18. The Morgan fingerprint density at radius 3 is 2.30 bits per heavy atom. The summed E-state index contributed by atoms with van der Waals surface area (Å²) in [5, 5.41) is 3.55. The van der Waals surface area contributed by atoms with Gasteiger partial charge >= 0.3 is 0 Å². The van der Waals surface area contributed by atoms with Gasteiger partial charge in [0.25, 0.3) is 5.91 Å². The summed E-state index contributed by atoms with van der Waals surface area (Å²) < 4.78 is 0. The molecule has 0 spiro atoms. The van der Waals surface area contributed by atoms with Crippen molar-refractivity contribution >= 4 is 29.1 Å². The monoisotopic (exact) mass is 461 g/mol. The second-order valence-corrected chi connectivity index (χ2v) is 8.88. The molecule has 6 heteroatoms. The highest BCUT2D eigenvalue weighted by Gasteiger charge is 2.36.